The van der Waals surface area contributed by atoms with Gasteiger partial charge in [-0.3, -0.25) is 0 Å². The zero-order valence-corrected chi connectivity index (χ0v) is 8.54. The van der Waals surface area contributed by atoms with Crippen LogP contribution in [0.5, 0.6) is 5.75 Å². The SMILES string of the molecule is O=C(O)c1ccc(OC2C=CC(O)C2)cc1. The van der Waals surface area contributed by atoms with Crippen molar-refractivity contribution in [3.63, 3.8) is 0 Å². The first-order valence-electron chi connectivity index (χ1n) is 5.01. The molecule has 0 saturated heterocycles. The summed E-state index contributed by atoms with van der Waals surface area (Å²) in [5.74, 6) is -0.350. The minimum absolute atomic E-state index is 0.134. The molecule has 0 fully saturated rings. The summed E-state index contributed by atoms with van der Waals surface area (Å²) in [6.45, 7) is 0. The topological polar surface area (TPSA) is 66.8 Å². The van der Waals surface area contributed by atoms with E-state index in [1.54, 1.807) is 24.3 Å². The van der Waals surface area contributed by atoms with Crippen molar-refractivity contribution in [3.8, 4) is 5.75 Å². The van der Waals surface area contributed by atoms with Crippen molar-refractivity contribution in [1.29, 1.82) is 0 Å². The second-order valence-electron chi connectivity index (χ2n) is 3.67. The van der Waals surface area contributed by atoms with E-state index in [2.05, 4.69) is 0 Å². The van der Waals surface area contributed by atoms with Gasteiger partial charge in [0.05, 0.1) is 11.7 Å². The van der Waals surface area contributed by atoms with Crippen LogP contribution in [0, 0.1) is 0 Å². The molecule has 1 aromatic rings. The molecule has 1 aliphatic rings. The molecule has 0 amide bonds. The van der Waals surface area contributed by atoms with Crippen LogP contribution in [0.15, 0.2) is 36.4 Å². The first-order valence-corrected chi connectivity index (χ1v) is 5.01. The molecule has 4 nitrogen and oxygen atoms in total. The predicted molar refractivity (Wildman–Crippen MR) is 57.6 cm³/mol. The van der Waals surface area contributed by atoms with Crippen LogP contribution in [0.4, 0.5) is 0 Å². The van der Waals surface area contributed by atoms with E-state index in [9.17, 15) is 9.90 Å². The Morgan fingerprint density at radius 3 is 2.44 bits per heavy atom. The quantitative estimate of drug-likeness (QED) is 0.756. The third-order valence-electron chi connectivity index (χ3n) is 2.41. The molecule has 1 aliphatic carbocycles. The molecule has 84 valence electrons. The zero-order valence-electron chi connectivity index (χ0n) is 8.54. The highest BCUT2D eigenvalue weighted by Crippen LogP contribution is 2.19. The number of benzene rings is 1. The lowest BCUT2D eigenvalue weighted by Crippen LogP contribution is -2.14. The highest BCUT2D eigenvalue weighted by atomic mass is 16.5. The number of ether oxygens (including phenoxy) is 1. The lowest BCUT2D eigenvalue weighted by Gasteiger charge is -2.12. The van der Waals surface area contributed by atoms with Gasteiger partial charge >= 0.3 is 5.97 Å². The molecule has 16 heavy (non-hydrogen) atoms. The monoisotopic (exact) mass is 220 g/mol. The van der Waals surface area contributed by atoms with E-state index in [4.69, 9.17) is 9.84 Å². The van der Waals surface area contributed by atoms with Gasteiger partial charge in [-0.2, -0.15) is 0 Å². The van der Waals surface area contributed by atoms with Gasteiger partial charge in [-0.25, -0.2) is 4.79 Å². The van der Waals surface area contributed by atoms with E-state index in [0.29, 0.717) is 12.2 Å². The molecule has 0 saturated carbocycles. The highest BCUT2D eigenvalue weighted by molar-refractivity contribution is 5.87. The van der Waals surface area contributed by atoms with Gasteiger partial charge in [0, 0.05) is 6.42 Å². The molecule has 0 spiro atoms. The van der Waals surface area contributed by atoms with Gasteiger partial charge in [0.2, 0.25) is 0 Å². The summed E-state index contributed by atoms with van der Waals surface area (Å²) >= 11 is 0. The fraction of sp³-hybridized carbons (Fsp3) is 0.250. The Morgan fingerprint density at radius 1 is 1.25 bits per heavy atom. The van der Waals surface area contributed by atoms with E-state index in [0.717, 1.165) is 0 Å². The summed E-state index contributed by atoms with van der Waals surface area (Å²) in [6, 6.07) is 6.21. The van der Waals surface area contributed by atoms with Gasteiger partial charge in [-0.05, 0) is 30.3 Å². The van der Waals surface area contributed by atoms with Crippen molar-refractivity contribution in [3.05, 3.63) is 42.0 Å². The normalized spacial score (nSPS) is 23.3. The third-order valence-corrected chi connectivity index (χ3v) is 2.41. The van der Waals surface area contributed by atoms with Gasteiger partial charge in [-0.15, -0.1) is 0 Å². The Bertz CT molecular complexity index is 408. The van der Waals surface area contributed by atoms with Crippen LogP contribution in [0.3, 0.4) is 0 Å². The molecular formula is C12H12O4. The van der Waals surface area contributed by atoms with Gasteiger partial charge in [0.25, 0.3) is 0 Å². The zero-order chi connectivity index (χ0) is 11.5. The molecule has 2 unspecified atom stereocenters. The second kappa shape index (κ2) is 4.37. The fourth-order valence-electron chi connectivity index (χ4n) is 1.59. The lowest BCUT2D eigenvalue weighted by molar-refractivity contribution is 0.0697. The van der Waals surface area contributed by atoms with E-state index >= 15 is 0 Å². The van der Waals surface area contributed by atoms with Crippen molar-refractivity contribution in [1.82, 2.24) is 0 Å². The van der Waals surface area contributed by atoms with Gasteiger partial charge in [0.1, 0.15) is 11.9 Å². The maximum Gasteiger partial charge on any atom is 0.335 e. The first kappa shape index (κ1) is 10.7. The summed E-state index contributed by atoms with van der Waals surface area (Å²) in [5, 5.41) is 18.0. The molecule has 0 aliphatic heterocycles. The van der Waals surface area contributed by atoms with Crippen LogP contribution in [0.2, 0.25) is 0 Å². The highest BCUT2D eigenvalue weighted by Gasteiger charge is 2.17. The summed E-state index contributed by atoms with van der Waals surface area (Å²) in [6.07, 6.45) is 3.46. The van der Waals surface area contributed by atoms with Gasteiger partial charge in [-0.1, -0.05) is 6.08 Å². The smallest absolute Gasteiger partial charge is 0.335 e. The Labute approximate surface area is 92.8 Å². The molecule has 2 atom stereocenters. The van der Waals surface area contributed by atoms with E-state index in [1.807, 2.05) is 0 Å². The molecule has 2 N–H and O–H groups in total. The number of aliphatic hydroxyl groups excluding tert-OH is 1. The summed E-state index contributed by atoms with van der Waals surface area (Å²) in [4.78, 5) is 10.6. The standard InChI is InChI=1S/C12H12O4/c13-9-3-6-11(7-9)16-10-4-1-8(2-5-10)12(14)15/h1-6,9,11,13H,7H2,(H,14,15). The van der Waals surface area contributed by atoms with Gasteiger partial charge in [0.15, 0.2) is 0 Å². The van der Waals surface area contributed by atoms with Gasteiger partial charge < -0.3 is 14.9 Å². The van der Waals surface area contributed by atoms with Crippen LogP contribution >= 0.6 is 0 Å². The first-order chi connectivity index (χ1) is 7.65. The number of aliphatic hydroxyl groups is 1. The largest absolute Gasteiger partial charge is 0.486 e. The number of carboxylic acid groups (broad SMARTS) is 1. The Hall–Kier alpha value is -1.81. The van der Waals surface area contributed by atoms with Crippen LogP contribution in [-0.2, 0) is 0 Å². The number of hydrogen-bond donors (Lipinski definition) is 2. The Kier molecular flexibility index (Phi) is 2.92. The maximum absolute atomic E-state index is 10.6. The summed E-state index contributed by atoms with van der Waals surface area (Å²) in [5.41, 5.74) is 0.231. The average molecular weight is 220 g/mol. The van der Waals surface area contributed by atoms with E-state index < -0.39 is 12.1 Å². The number of carboxylic acids is 1. The Balaban J connectivity index is 2.00. The van der Waals surface area contributed by atoms with Crippen molar-refractivity contribution in [2.75, 3.05) is 0 Å². The molecule has 1 aromatic carbocycles. The maximum atomic E-state index is 10.6. The fourth-order valence-corrected chi connectivity index (χ4v) is 1.59. The molecule has 0 heterocycles. The number of aromatic carboxylic acids is 1. The molecule has 0 aromatic heterocycles. The molecule has 0 radical (unpaired) electrons. The van der Waals surface area contributed by atoms with Crippen molar-refractivity contribution in [2.24, 2.45) is 0 Å². The van der Waals surface area contributed by atoms with Crippen LogP contribution in [0.1, 0.15) is 16.8 Å². The third kappa shape index (κ3) is 2.41. The van der Waals surface area contributed by atoms with Crippen molar-refractivity contribution < 1.29 is 19.7 Å². The number of hydrogen-bond acceptors (Lipinski definition) is 3. The van der Waals surface area contributed by atoms with E-state index in [1.165, 1.54) is 12.1 Å². The Morgan fingerprint density at radius 2 is 1.94 bits per heavy atom. The summed E-state index contributed by atoms with van der Waals surface area (Å²) in [7, 11) is 0. The predicted octanol–water partition coefficient (Wildman–Crippen LogP) is 1.45. The average Bonchev–Trinajstić information content (AvgIpc) is 2.65. The lowest BCUT2D eigenvalue weighted by atomic mass is 10.2. The molecule has 2 rings (SSSR count). The van der Waals surface area contributed by atoms with Crippen LogP contribution < -0.4 is 4.74 Å². The van der Waals surface area contributed by atoms with Crippen LogP contribution in [0.25, 0.3) is 0 Å². The van der Waals surface area contributed by atoms with Crippen LogP contribution in [-0.4, -0.2) is 28.4 Å². The minimum Gasteiger partial charge on any atom is -0.486 e. The molecular weight excluding hydrogens is 208 g/mol. The van der Waals surface area contributed by atoms with Crippen molar-refractivity contribution >= 4 is 5.97 Å². The summed E-state index contributed by atoms with van der Waals surface area (Å²) < 4.78 is 5.54. The van der Waals surface area contributed by atoms with E-state index in [-0.39, 0.29) is 11.7 Å². The van der Waals surface area contributed by atoms with Crippen molar-refractivity contribution in [2.45, 2.75) is 18.6 Å². The molecule has 4 heteroatoms. The molecule has 0 bridgehead atoms. The second-order valence-corrected chi connectivity index (χ2v) is 3.67. The number of carbonyl (C=O) groups is 1. The minimum atomic E-state index is -0.956. The number of rotatable bonds is 3.